The maximum absolute atomic E-state index is 11.5. The van der Waals surface area contributed by atoms with Crippen LogP contribution in [0.2, 0.25) is 0 Å². The molecule has 3 nitrogen and oxygen atoms in total. The first kappa shape index (κ1) is 14.2. The van der Waals surface area contributed by atoms with Gasteiger partial charge in [-0.15, -0.1) is 0 Å². The second kappa shape index (κ2) is 8.46. The van der Waals surface area contributed by atoms with Gasteiger partial charge < -0.3 is 14.8 Å². The highest BCUT2D eigenvalue weighted by atomic mass is 31.1. The molecule has 0 amide bonds. The lowest BCUT2D eigenvalue weighted by Gasteiger charge is -2.15. The van der Waals surface area contributed by atoms with Crippen LogP contribution in [0.25, 0.3) is 0 Å². The van der Waals surface area contributed by atoms with Crippen molar-refractivity contribution in [3.05, 3.63) is 0 Å². The van der Waals surface area contributed by atoms with E-state index in [-0.39, 0.29) is 0 Å². The summed E-state index contributed by atoms with van der Waals surface area (Å²) in [5, 5.41) is 19.0. The van der Waals surface area contributed by atoms with E-state index in [0.717, 1.165) is 25.7 Å². The van der Waals surface area contributed by atoms with E-state index >= 15 is 0 Å². The molecule has 2 atom stereocenters. The second-order valence-corrected chi connectivity index (χ2v) is 5.86. The van der Waals surface area contributed by atoms with Gasteiger partial charge in [0, 0.05) is 0 Å². The molecule has 0 rings (SSSR count). The van der Waals surface area contributed by atoms with Crippen LogP contribution in [-0.4, -0.2) is 21.9 Å². The molecule has 0 aromatic rings. The third-order valence-corrected chi connectivity index (χ3v) is 4.21. The number of hydrogen-bond donors (Lipinski definition) is 2. The normalized spacial score (nSPS) is 17.7. The average molecular weight is 222 g/mol. The molecule has 2 N–H and O–H groups in total. The fourth-order valence-electron chi connectivity index (χ4n) is 1.30. The number of unbranched alkanes of at least 4 members (excludes halogenated alkanes) is 2. The van der Waals surface area contributed by atoms with Gasteiger partial charge in [-0.3, -0.25) is 0 Å². The van der Waals surface area contributed by atoms with Crippen LogP contribution in [0.1, 0.15) is 52.4 Å². The molecule has 0 aliphatic heterocycles. The predicted octanol–water partition coefficient (Wildman–Crippen LogP) is 2.56. The first-order valence-electron chi connectivity index (χ1n) is 5.53. The number of rotatable bonds is 8. The molecule has 0 spiro atoms. The maximum Gasteiger partial charge on any atom is 0.130 e. The topological polar surface area (TPSA) is 57.5 Å². The summed E-state index contributed by atoms with van der Waals surface area (Å²) in [6, 6.07) is 0. The molecule has 0 saturated carbocycles. The summed E-state index contributed by atoms with van der Waals surface area (Å²) in [7, 11) is -2.23. The Kier molecular flexibility index (Phi) is 8.55. The van der Waals surface area contributed by atoms with Crippen LogP contribution in [-0.2, 0) is 4.57 Å². The second-order valence-electron chi connectivity index (χ2n) is 3.72. The molecular formula is C10H23O3P. The molecule has 0 radical (unpaired) electrons. The number of hydrogen-bond acceptors (Lipinski definition) is 3. The first-order valence-corrected chi connectivity index (χ1v) is 7.09. The van der Waals surface area contributed by atoms with E-state index in [9.17, 15) is 14.8 Å². The van der Waals surface area contributed by atoms with Crippen LogP contribution in [0.4, 0.5) is 0 Å². The van der Waals surface area contributed by atoms with Gasteiger partial charge in [-0.05, 0) is 12.8 Å². The van der Waals surface area contributed by atoms with Crippen LogP contribution >= 0.6 is 7.80 Å². The molecule has 0 heterocycles. The third kappa shape index (κ3) is 5.79. The zero-order valence-corrected chi connectivity index (χ0v) is 10.2. The fraction of sp³-hybridized carbons (Fsp3) is 1.00. The van der Waals surface area contributed by atoms with Gasteiger partial charge >= 0.3 is 0 Å². The Morgan fingerprint density at radius 2 is 1.36 bits per heavy atom. The van der Waals surface area contributed by atoms with E-state index in [2.05, 4.69) is 0 Å². The lowest BCUT2D eigenvalue weighted by molar-refractivity contribution is 0.201. The Bertz CT molecular complexity index is 145. The Hall–Kier alpha value is 0.150. The SMILES string of the molecule is CCCCC(O)[PH](=O)C(O)CCCC. The monoisotopic (exact) mass is 222 g/mol. The van der Waals surface area contributed by atoms with Crippen LogP contribution in [0.15, 0.2) is 0 Å². The standard InChI is InChI=1S/C10H23O3P/c1-3-5-7-9(11)14(13)10(12)8-6-4-2/h9-12,14H,3-8H2,1-2H3. The van der Waals surface area contributed by atoms with Crippen LogP contribution in [0.3, 0.4) is 0 Å². The van der Waals surface area contributed by atoms with Crippen molar-refractivity contribution in [2.45, 2.75) is 64.1 Å². The van der Waals surface area contributed by atoms with Crippen LogP contribution in [0.5, 0.6) is 0 Å². The maximum atomic E-state index is 11.5. The summed E-state index contributed by atoms with van der Waals surface area (Å²) in [6.45, 7) is 4.05. The van der Waals surface area contributed by atoms with Gasteiger partial charge in [0.1, 0.15) is 19.5 Å². The smallest absolute Gasteiger partial charge is 0.130 e. The summed E-state index contributed by atoms with van der Waals surface area (Å²) >= 11 is 0. The fourth-order valence-corrected chi connectivity index (χ4v) is 2.72. The van der Waals surface area contributed by atoms with E-state index in [0.29, 0.717) is 12.8 Å². The molecule has 0 saturated heterocycles. The van der Waals surface area contributed by atoms with Gasteiger partial charge in [0.05, 0.1) is 0 Å². The molecule has 0 aliphatic carbocycles. The van der Waals surface area contributed by atoms with Gasteiger partial charge in [0.25, 0.3) is 0 Å². The Balaban J connectivity index is 3.78. The molecular weight excluding hydrogens is 199 g/mol. The van der Waals surface area contributed by atoms with E-state index in [1.807, 2.05) is 13.8 Å². The third-order valence-electron chi connectivity index (χ3n) is 2.32. The minimum Gasteiger partial charge on any atom is -0.386 e. The summed E-state index contributed by atoms with van der Waals surface area (Å²) in [5.74, 6) is -1.57. The quantitative estimate of drug-likeness (QED) is 0.620. The van der Waals surface area contributed by atoms with Crippen molar-refractivity contribution in [2.24, 2.45) is 0 Å². The van der Waals surface area contributed by atoms with E-state index in [1.165, 1.54) is 0 Å². The van der Waals surface area contributed by atoms with Gasteiger partial charge in [-0.1, -0.05) is 39.5 Å². The van der Waals surface area contributed by atoms with Crippen molar-refractivity contribution >= 4 is 7.80 Å². The van der Waals surface area contributed by atoms with Crippen molar-refractivity contribution in [1.82, 2.24) is 0 Å². The number of aliphatic hydroxyl groups is 2. The highest BCUT2D eigenvalue weighted by Gasteiger charge is 2.20. The molecule has 2 unspecified atom stereocenters. The molecule has 0 aromatic carbocycles. The van der Waals surface area contributed by atoms with Crippen molar-refractivity contribution < 1.29 is 14.8 Å². The van der Waals surface area contributed by atoms with Gasteiger partial charge in [-0.2, -0.15) is 0 Å². The Morgan fingerprint density at radius 3 is 1.64 bits per heavy atom. The molecule has 4 heteroatoms. The zero-order valence-electron chi connectivity index (χ0n) is 9.20. The lowest BCUT2D eigenvalue weighted by atomic mass is 10.3. The number of aliphatic hydroxyl groups excluding tert-OH is 2. The summed E-state index contributed by atoms with van der Waals surface area (Å²) in [4.78, 5) is 0. The Labute approximate surface area is 87.3 Å². The summed E-state index contributed by atoms with van der Waals surface area (Å²) in [5.41, 5.74) is 0. The van der Waals surface area contributed by atoms with Gasteiger partial charge in [-0.25, -0.2) is 0 Å². The minimum absolute atomic E-state index is 0.553. The van der Waals surface area contributed by atoms with Crippen molar-refractivity contribution in [3.8, 4) is 0 Å². The first-order chi connectivity index (χ1) is 6.63. The zero-order chi connectivity index (χ0) is 11.0. The molecule has 0 aromatic heterocycles. The molecule has 0 aliphatic rings. The summed E-state index contributed by atoms with van der Waals surface area (Å²) < 4.78 is 11.5. The highest BCUT2D eigenvalue weighted by molar-refractivity contribution is 7.45. The van der Waals surface area contributed by atoms with Crippen LogP contribution < -0.4 is 0 Å². The van der Waals surface area contributed by atoms with E-state index in [4.69, 9.17) is 0 Å². The van der Waals surface area contributed by atoms with Gasteiger partial charge in [0.2, 0.25) is 0 Å². The Morgan fingerprint density at radius 1 is 1.00 bits per heavy atom. The lowest BCUT2D eigenvalue weighted by Crippen LogP contribution is -2.10. The van der Waals surface area contributed by atoms with Gasteiger partial charge in [0.15, 0.2) is 0 Å². The minimum atomic E-state index is -2.23. The van der Waals surface area contributed by atoms with Crippen molar-refractivity contribution in [2.75, 3.05) is 0 Å². The predicted molar refractivity (Wildman–Crippen MR) is 60.1 cm³/mol. The largest absolute Gasteiger partial charge is 0.386 e. The average Bonchev–Trinajstić information content (AvgIpc) is 2.21. The highest BCUT2D eigenvalue weighted by Crippen LogP contribution is 2.36. The van der Waals surface area contributed by atoms with E-state index < -0.39 is 19.5 Å². The molecule has 0 fully saturated rings. The van der Waals surface area contributed by atoms with E-state index in [1.54, 1.807) is 0 Å². The van der Waals surface area contributed by atoms with Crippen LogP contribution in [0, 0.1) is 0 Å². The molecule has 86 valence electrons. The molecule has 0 bridgehead atoms. The molecule has 14 heavy (non-hydrogen) atoms. The van der Waals surface area contributed by atoms with Crippen molar-refractivity contribution in [3.63, 3.8) is 0 Å². The summed E-state index contributed by atoms with van der Waals surface area (Å²) in [6.07, 6.45) is 4.82. The van der Waals surface area contributed by atoms with Crippen molar-refractivity contribution in [1.29, 1.82) is 0 Å².